The van der Waals surface area contributed by atoms with Gasteiger partial charge >= 0.3 is 0 Å². The van der Waals surface area contributed by atoms with Crippen molar-refractivity contribution in [2.45, 2.75) is 44.8 Å². The maximum atomic E-state index is 6.77. The van der Waals surface area contributed by atoms with Gasteiger partial charge in [0.25, 0.3) is 0 Å². The molecule has 0 bridgehead atoms. The molecule has 2 saturated carbocycles. The summed E-state index contributed by atoms with van der Waals surface area (Å²) in [7, 11) is 2.16. The highest BCUT2D eigenvalue weighted by molar-refractivity contribution is 5.21. The molecular weight excluding hydrogens is 252 g/mol. The summed E-state index contributed by atoms with van der Waals surface area (Å²) < 4.78 is 11.6. The van der Waals surface area contributed by atoms with E-state index in [1.807, 2.05) is 0 Å². The number of rotatable bonds is 7. The molecule has 3 aliphatic rings. The fourth-order valence-electron chi connectivity index (χ4n) is 4.08. The van der Waals surface area contributed by atoms with Crippen molar-refractivity contribution in [1.82, 2.24) is 4.90 Å². The normalized spacial score (nSPS) is 38.9. The van der Waals surface area contributed by atoms with Crippen molar-refractivity contribution in [3.8, 4) is 0 Å². The maximum absolute atomic E-state index is 6.77. The molecule has 3 rings (SSSR count). The number of nitrogens with two attached hydrogens (primary N) is 1. The third-order valence-electron chi connectivity index (χ3n) is 5.86. The van der Waals surface area contributed by atoms with Gasteiger partial charge in [-0.1, -0.05) is 13.8 Å². The second-order valence-electron chi connectivity index (χ2n) is 7.70. The summed E-state index contributed by atoms with van der Waals surface area (Å²) in [5.41, 5.74) is 6.74. The Hall–Kier alpha value is -0.160. The SMILES string of the molecule is CN(CCOCC1CC1)CC1(N)C2CCOC2C1(C)C. The molecule has 116 valence electrons. The van der Waals surface area contributed by atoms with E-state index < -0.39 is 0 Å². The van der Waals surface area contributed by atoms with Crippen molar-refractivity contribution in [2.75, 3.05) is 40.0 Å². The first kappa shape index (κ1) is 14.8. The first-order chi connectivity index (χ1) is 9.45. The van der Waals surface area contributed by atoms with Crippen LogP contribution in [0.25, 0.3) is 0 Å². The van der Waals surface area contributed by atoms with E-state index in [2.05, 4.69) is 25.8 Å². The summed E-state index contributed by atoms with van der Waals surface area (Å²) in [5.74, 6) is 1.38. The molecule has 3 atom stereocenters. The summed E-state index contributed by atoms with van der Waals surface area (Å²) >= 11 is 0. The van der Waals surface area contributed by atoms with Gasteiger partial charge in [-0.2, -0.15) is 0 Å². The lowest BCUT2D eigenvalue weighted by molar-refractivity contribution is -0.162. The minimum atomic E-state index is -0.112. The molecule has 0 radical (unpaired) electrons. The molecule has 1 aliphatic heterocycles. The number of hydrogen-bond acceptors (Lipinski definition) is 4. The molecule has 0 amide bonds. The molecule has 0 aromatic heterocycles. The van der Waals surface area contributed by atoms with Gasteiger partial charge in [-0.15, -0.1) is 0 Å². The Morgan fingerprint density at radius 1 is 1.30 bits per heavy atom. The van der Waals surface area contributed by atoms with Gasteiger partial charge in [-0.25, -0.2) is 0 Å². The fraction of sp³-hybridized carbons (Fsp3) is 1.00. The van der Waals surface area contributed by atoms with Gasteiger partial charge in [0.2, 0.25) is 0 Å². The van der Waals surface area contributed by atoms with Crippen LogP contribution in [0.3, 0.4) is 0 Å². The molecule has 4 heteroatoms. The van der Waals surface area contributed by atoms with Gasteiger partial charge in [0.1, 0.15) is 0 Å². The van der Waals surface area contributed by atoms with Crippen LogP contribution < -0.4 is 5.73 Å². The summed E-state index contributed by atoms with van der Waals surface area (Å²) in [6.45, 7) is 9.09. The minimum Gasteiger partial charge on any atom is -0.380 e. The maximum Gasteiger partial charge on any atom is 0.0691 e. The van der Waals surface area contributed by atoms with Crippen molar-refractivity contribution in [2.24, 2.45) is 23.0 Å². The molecule has 4 nitrogen and oxygen atoms in total. The highest BCUT2D eigenvalue weighted by atomic mass is 16.5. The third-order valence-corrected chi connectivity index (χ3v) is 5.86. The first-order valence-electron chi connectivity index (χ1n) is 8.12. The average molecular weight is 282 g/mol. The van der Waals surface area contributed by atoms with Crippen molar-refractivity contribution in [1.29, 1.82) is 0 Å². The van der Waals surface area contributed by atoms with E-state index in [-0.39, 0.29) is 11.0 Å². The molecule has 0 aromatic rings. The summed E-state index contributed by atoms with van der Waals surface area (Å²) in [6, 6.07) is 0. The largest absolute Gasteiger partial charge is 0.380 e. The van der Waals surface area contributed by atoms with E-state index in [0.29, 0.717) is 12.0 Å². The van der Waals surface area contributed by atoms with Gasteiger partial charge in [-0.3, -0.25) is 0 Å². The molecule has 20 heavy (non-hydrogen) atoms. The van der Waals surface area contributed by atoms with E-state index in [4.69, 9.17) is 15.2 Å². The van der Waals surface area contributed by atoms with Crippen LogP contribution in [-0.2, 0) is 9.47 Å². The quantitative estimate of drug-likeness (QED) is 0.719. The van der Waals surface area contributed by atoms with E-state index in [9.17, 15) is 0 Å². The predicted molar refractivity (Wildman–Crippen MR) is 79.6 cm³/mol. The Bertz CT molecular complexity index is 356. The van der Waals surface area contributed by atoms with Crippen LogP contribution in [0.4, 0.5) is 0 Å². The summed E-state index contributed by atoms with van der Waals surface area (Å²) in [4.78, 5) is 2.34. The Morgan fingerprint density at radius 2 is 2.05 bits per heavy atom. The standard InChI is InChI=1S/C16H30N2O2/c1-15(2)14-13(6-8-20-14)16(15,17)11-18(3)7-9-19-10-12-4-5-12/h12-14H,4-11,17H2,1-3H3. The molecule has 2 N–H and O–H groups in total. The number of nitrogens with zero attached hydrogens (tertiary/aromatic N) is 1. The van der Waals surface area contributed by atoms with Crippen LogP contribution in [0.1, 0.15) is 33.1 Å². The van der Waals surface area contributed by atoms with Crippen LogP contribution in [0.5, 0.6) is 0 Å². The third kappa shape index (κ3) is 2.41. The van der Waals surface area contributed by atoms with Gasteiger partial charge in [0.15, 0.2) is 0 Å². The highest BCUT2D eigenvalue weighted by Crippen LogP contribution is 2.58. The fourth-order valence-corrected chi connectivity index (χ4v) is 4.08. The van der Waals surface area contributed by atoms with Gasteiger partial charge in [0, 0.05) is 43.2 Å². The Labute approximate surface area is 123 Å². The number of likely N-dealkylation sites (N-methyl/N-ethyl adjacent to an activating group) is 1. The number of ether oxygens (including phenoxy) is 2. The lowest BCUT2D eigenvalue weighted by Crippen LogP contribution is -2.78. The van der Waals surface area contributed by atoms with E-state index in [0.717, 1.165) is 45.2 Å². The highest BCUT2D eigenvalue weighted by Gasteiger charge is 2.67. The zero-order chi connectivity index (χ0) is 14.4. The predicted octanol–water partition coefficient (Wildman–Crippen LogP) is 1.49. The average Bonchev–Trinajstić information content (AvgIpc) is 3.07. The van der Waals surface area contributed by atoms with E-state index in [1.54, 1.807) is 0 Å². The zero-order valence-electron chi connectivity index (χ0n) is 13.2. The second kappa shape index (κ2) is 5.24. The van der Waals surface area contributed by atoms with Gasteiger partial charge in [-0.05, 0) is 32.2 Å². The molecular formula is C16H30N2O2. The van der Waals surface area contributed by atoms with E-state index in [1.165, 1.54) is 12.8 Å². The zero-order valence-corrected chi connectivity index (χ0v) is 13.2. The van der Waals surface area contributed by atoms with Crippen molar-refractivity contribution in [3.63, 3.8) is 0 Å². The van der Waals surface area contributed by atoms with Crippen LogP contribution in [-0.4, -0.2) is 56.5 Å². The Kier molecular flexibility index (Phi) is 3.87. The van der Waals surface area contributed by atoms with Crippen molar-refractivity contribution >= 4 is 0 Å². The minimum absolute atomic E-state index is 0.0807. The molecule has 3 unspecified atom stereocenters. The molecule has 3 fully saturated rings. The van der Waals surface area contributed by atoms with Crippen LogP contribution >= 0.6 is 0 Å². The van der Waals surface area contributed by atoms with Crippen LogP contribution in [0.2, 0.25) is 0 Å². The molecule has 0 spiro atoms. The van der Waals surface area contributed by atoms with Crippen LogP contribution in [0, 0.1) is 17.3 Å². The smallest absolute Gasteiger partial charge is 0.0691 e. The lowest BCUT2D eigenvalue weighted by Gasteiger charge is -2.63. The van der Waals surface area contributed by atoms with Crippen molar-refractivity contribution in [3.05, 3.63) is 0 Å². The molecule has 1 heterocycles. The molecule has 1 saturated heterocycles. The lowest BCUT2D eigenvalue weighted by atomic mass is 9.48. The van der Waals surface area contributed by atoms with E-state index >= 15 is 0 Å². The molecule has 0 aromatic carbocycles. The topological polar surface area (TPSA) is 47.7 Å². The number of hydrogen-bond donors (Lipinski definition) is 1. The number of fused-ring (bicyclic) bond motifs is 1. The Balaban J connectivity index is 1.45. The Morgan fingerprint density at radius 3 is 2.75 bits per heavy atom. The summed E-state index contributed by atoms with van der Waals surface area (Å²) in [5, 5.41) is 0. The second-order valence-corrected chi connectivity index (χ2v) is 7.70. The monoisotopic (exact) mass is 282 g/mol. The first-order valence-corrected chi connectivity index (χ1v) is 8.12. The van der Waals surface area contributed by atoms with Crippen LogP contribution in [0.15, 0.2) is 0 Å². The van der Waals surface area contributed by atoms with Gasteiger partial charge in [0.05, 0.1) is 12.7 Å². The summed E-state index contributed by atoms with van der Waals surface area (Å²) in [6.07, 6.45) is 4.21. The van der Waals surface area contributed by atoms with Gasteiger partial charge < -0.3 is 20.1 Å². The van der Waals surface area contributed by atoms with Crippen molar-refractivity contribution < 1.29 is 9.47 Å². The molecule has 2 aliphatic carbocycles.